The summed E-state index contributed by atoms with van der Waals surface area (Å²) in [6.45, 7) is 1.52. The van der Waals surface area contributed by atoms with Crippen molar-refractivity contribution in [1.29, 1.82) is 0 Å². The molecule has 13 heteroatoms. The van der Waals surface area contributed by atoms with Gasteiger partial charge in [-0.25, -0.2) is 31.1 Å². The monoisotopic (exact) mass is 549 g/mol. The van der Waals surface area contributed by atoms with Gasteiger partial charge in [-0.15, -0.1) is 0 Å². The Morgan fingerprint density at radius 2 is 1.66 bits per heavy atom. The fraction of sp³-hybridized carbons (Fsp3) is 0.200. The molecule has 3 amide bonds. The predicted molar refractivity (Wildman–Crippen MR) is 130 cm³/mol. The predicted octanol–water partition coefficient (Wildman–Crippen LogP) is 3.40. The smallest absolute Gasteiger partial charge is 0.329 e. The van der Waals surface area contributed by atoms with Crippen molar-refractivity contribution in [2.24, 2.45) is 0 Å². The molecule has 0 aliphatic carbocycles. The van der Waals surface area contributed by atoms with Gasteiger partial charge < -0.3 is 19.7 Å². The van der Waals surface area contributed by atoms with Gasteiger partial charge in [-0.1, -0.05) is 18.2 Å². The lowest BCUT2D eigenvalue weighted by atomic mass is 10.0. The van der Waals surface area contributed by atoms with Crippen molar-refractivity contribution in [1.82, 2.24) is 10.0 Å². The van der Waals surface area contributed by atoms with E-state index in [4.69, 9.17) is 9.47 Å². The van der Waals surface area contributed by atoms with Crippen LogP contribution in [0.25, 0.3) is 0 Å². The third-order valence-corrected chi connectivity index (χ3v) is 7.29. The van der Waals surface area contributed by atoms with Crippen LogP contribution in [0, 0.1) is 24.4 Å². The molecule has 0 saturated carbocycles. The molecule has 2 N–H and O–H groups in total. The van der Waals surface area contributed by atoms with Crippen LogP contribution in [0.5, 0.6) is 11.5 Å². The number of nitrogens with zero attached hydrogens (tertiary/aromatic N) is 1. The number of hydrogen-bond donors (Lipinski definition) is 2. The fourth-order valence-electron chi connectivity index (χ4n) is 3.82. The molecule has 4 rings (SSSR count). The van der Waals surface area contributed by atoms with E-state index < -0.39 is 57.4 Å². The largest absolute Gasteiger partial charge is 0.454 e. The van der Waals surface area contributed by atoms with Crippen LogP contribution >= 0.6 is 0 Å². The Morgan fingerprint density at radius 1 is 0.974 bits per heavy atom. The highest BCUT2D eigenvalue weighted by molar-refractivity contribution is 7.90. The van der Waals surface area contributed by atoms with Crippen molar-refractivity contribution >= 4 is 27.6 Å². The standard InChI is InChI=1S/C25H22F3N3O6S/c1-14-5-3-4-6-23(14)38(34,35)30-25(33)29-20(10-15-9-18(27)19(28)12-17(15)26)24(32)31(2)16-7-8-21-22(11-16)37-13-36-21/h3-9,11-12,20H,10,13H2,1-2H3,(H2,29,30,33)/t20-/m0/s1. The fourth-order valence-corrected chi connectivity index (χ4v) is 4.98. The summed E-state index contributed by atoms with van der Waals surface area (Å²) in [6, 6.07) is 8.50. The number of benzene rings is 3. The van der Waals surface area contributed by atoms with Crippen LogP contribution in [0.4, 0.5) is 23.7 Å². The number of nitrogens with one attached hydrogen (secondary N) is 2. The number of sulfonamides is 1. The number of rotatable bonds is 7. The Labute approximate surface area is 216 Å². The van der Waals surface area contributed by atoms with Gasteiger partial charge in [-0.3, -0.25) is 4.79 Å². The van der Waals surface area contributed by atoms with Gasteiger partial charge in [0.05, 0.1) is 4.90 Å². The summed E-state index contributed by atoms with van der Waals surface area (Å²) < 4.78 is 79.5. The van der Waals surface area contributed by atoms with Crippen molar-refractivity contribution in [3.8, 4) is 11.5 Å². The second-order valence-electron chi connectivity index (χ2n) is 8.39. The number of hydrogen-bond acceptors (Lipinski definition) is 6. The molecule has 9 nitrogen and oxygen atoms in total. The van der Waals surface area contributed by atoms with Gasteiger partial charge >= 0.3 is 6.03 Å². The zero-order chi connectivity index (χ0) is 27.6. The minimum Gasteiger partial charge on any atom is -0.454 e. The molecule has 200 valence electrons. The Balaban J connectivity index is 1.61. The topological polar surface area (TPSA) is 114 Å². The van der Waals surface area contributed by atoms with Crippen LogP contribution in [0.15, 0.2) is 59.5 Å². The number of anilines is 1. The van der Waals surface area contributed by atoms with E-state index in [0.717, 1.165) is 4.90 Å². The molecule has 3 aromatic carbocycles. The molecule has 0 spiro atoms. The normalized spacial score (nSPS) is 13.1. The molecular formula is C25H22F3N3O6S. The summed E-state index contributed by atoms with van der Waals surface area (Å²) in [5.41, 5.74) is 0.264. The first-order valence-electron chi connectivity index (χ1n) is 11.2. The van der Waals surface area contributed by atoms with Crippen molar-refractivity contribution in [3.63, 3.8) is 0 Å². The third-order valence-electron chi connectivity index (χ3n) is 5.80. The van der Waals surface area contributed by atoms with Crippen molar-refractivity contribution in [2.45, 2.75) is 24.3 Å². The quantitative estimate of drug-likeness (QED) is 0.437. The molecule has 1 atom stereocenters. The van der Waals surface area contributed by atoms with Crippen LogP contribution in [0.2, 0.25) is 0 Å². The van der Waals surface area contributed by atoms with Crippen molar-refractivity contribution < 1.29 is 40.7 Å². The lowest BCUT2D eigenvalue weighted by molar-refractivity contribution is -0.120. The summed E-state index contributed by atoms with van der Waals surface area (Å²) in [5, 5.41) is 2.22. The molecule has 1 aliphatic heterocycles. The van der Waals surface area contributed by atoms with E-state index in [1.165, 1.54) is 44.3 Å². The second-order valence-corrected chi connectivity index (χ2v) is 10.0. The van der Waals surface area contributed by atoms with Crippen LogP contribution in [-0.2, 0) is 21.2 Å². The SMILES string of the molecule is Cc1ccccc1S(=O)(=O)NC(=O)N[C@@H](Cc1cc(F)c(F)cc1F)C(=O)N(C)c1ccc2c(c1)OCO2. The lowest BCUT2D eigenvalue weighted by Gasteiger charge is -2.25. The zero-order valence-corrected chi connectivity index (χ0v) is 20.9. The van der Waals surface area contributed by atoms with Gasteiger partial charge in [-0.2, -0.15) is 0 Å². The van der Waals surface area contributed by atoms with Gasteiger partial charge in [0.25, 0.3) is 10.0 Å². The summed E-state index contributed by atoms with van der Waals surface area (Å²) in [5.74, 6) is -3.93. The first-order chi connectivity index (χ1) is 18.0. The van der Waals surface area contributed by atoms with Crippen molar-refractivity contribution in [3.05, 3.63) is 83.2 Å². The maximum absolute atomic E-state index is 14.4. The Hall–Kier alpha value is -4.26. The molecular weight excluding hydrogens is 527 g/mol. The van der Waals surface area contributed by atoms with Gasteiger partial charge in [-0.05, 0) is 42.3 Å². The van der Waals surface area contributed by atoms with E-state index in [1.54, 1.807) is 12.1 Å². The number of aryl methyl sites for hydroxylation is 1. The highest BCUT2D eigenvalue weighted by Gasteiger charge is 2.30. The second kappa shape index (κ2) is 10.6. The highest BCUT2D eigenvalue weighted by Crippen LogP contribution is 2.35. The third kappa shape index (κ3) is 5.67. The molecule has 0 aromatic heterocycles. The maximum Gasteiger partial charge on any atom is 0.329 e. The van der Waals surface area contributed by atoms with E-state index in [2.05, 4.69) is 5.32 Å². The first kappa shape index (κ1) is 26.8. The number of carbonyl (C=O) groups is 2. The van der Waals surface area contributed by atoms with Crippen LogP contribution < -0.4 is 24.4 Å². The minimum atomic E-state index is -4.34. The number of likely N-dealkylation sites (N-methyl/N-ethyl adjacent to an activating group) is 1. The van der Waals surface area contributed by atoms with E-state index >= 15 is 0 Å². The average Bonchev–Trinajstić information content (AvgIpc) is 3.33. The lowest BCUT2D eigenvalue weighted by Crippen LogP contribution is -2.52. The number of ether oxygens (including phenoxy) is 2. The van der Waals surface area contributed by atoms with Gasteiger partial charge in [0, 0.05) is 31.3 Å². The Morgan fingerprint density at radius 3 is 2.39 bits per heavy atom. The molecule has 0 bridgehead atoms. The molecule has 0 radical (unpaired) electrons. The van der Waals surface area contributed by atoms with E-state index in [-0.39, 0.29) is 11.7 Å². The number of carbonyl (C=O) groups excluding carboxylic acids is 2. The molecule has 0 unspecified atom stereocenters. The van der Waals surface area contributed by atoms with Crippen LogP contribution in [0.3, 0.4) is 0 Å². The van der Waals surface area contributed by atoms with Crippen molar-refractivity contribution in [2.75, 3.05) is 18.7 Å². The van der Waals surface area contributed by atoms with E-state index in [1.807, 2.05) is 4.72 Å². The maximum atomic E-state index is 14.4. The molecule has 0 fully saturated rings. The number of halogens is 3. The summed E-state index contributed by atoms with van der Waals surface area (Å²) in [7, 11) is -2.98. The van der Waals surface area contributed by atoms with E-state index in [0.29, 0.717) is 34.9 Å². The number of fused-ring (bicyclic) bond motifs is 1. The number of amides is 3. The van der Waals surface area contributed by atoms with E-state index in [9.17, 15) is 31.2 Å². The Bertz CT molecular complexity index is 1520. The average molecular weight is 550 g/mol. The van der Waals surface area contributed by atoms with Crippen LogP contribution in [-0.4, -0.2) is 40.2 Å². The molecule has 1 heterocycles. The zero-order valence-electron chi connectivity index (χ0n) is 20.1. The highest BCUT2D eigenvalue weighted by atomic mass is 32.2. The summed E-state index contributed by atoms with van der Waals surface area (Å²) in [4.78, 5) is 27.1. The summed E-state index contributed by atoms with van der Waals surface area (Å²) in [6.07, 6.45) is -0.616. The number of urea groups is 1. The molecule has 3 aromatic rings. The van der Waals surface area contributed by atoms with Gasteiger partial charge in [0.2, 0.25) is 12.7 Å². The summed E-state index contributed by atoms with van der Waals surface area (Å²) >= 11 is 0. The van der Waals surface area contributed by atoms with Gasteiger partial charge in [0.15, 0.2) is 23.1 Å². The van der Waals surface area contributed by atoms with Crippen LogP contribution in [0.1, 0.15) is 11.1 Å². The minimum absolute atomic E-state index is 0.00836. The molecule has 1 aliphatic rings. The molecule has 0 saturated heterocycles. The van der Waals surface area contributed by atoms with Gasteiger partial charge in [0.1, 0.15) is 11.9 Å². The molecule has 38 heavy (non-hydrogen) atoms. The first-order valence-corrected chi connectivity index (χ1v) is 12.6. The Kier molecular flexibility index (Phi) is 7.49.